The van der Waals surface area contributed by atoms with E-state index in [1.165, 1.54) is 12.8 Å². The van der Waals surface area contributed by atoms with E-state index in [1.807, 2.05) is 78.9 Å². The minimum Gasteiger partial charge on any atom is -0.493 e. The highest BCUT2D eigenvalue weighted by molar-refractivity contribution is 5.87. The zero-order chi connectivity index (χ0) is 25.2. The van der Waals surface area contributed by atoms with Gasteiger partial charge in [-0.05, 0) is 79.8 Å². The van der Waals surface area contributed by atoms with Crippen LogP contribution < -0.4 is 15.0 Å². The summed E-state index contributed by atoms with van der Waals surface area (Å²) in [6, 6.07) is 21.2. The molecule has 1 fully saturated rings. The van der Waals surface area contributed by atoms with Crippen molar-refractivity contribution in [3.05, 3.63) is 101 Å². The Hall–Kier alpha value is -4.45. The predicted molar refractivity (Wildman–Crippen MR) is 147 cm³/mol. The highest BCUT2D eigenvalue weighted by atomic mass is 16.5. The Morgan fingerprint density at radius 1 is 0.973 bits per heavy atom. The first-order chi connectivity index (χ1) is 18.2. The summed E-state index contributed by atoms with van der Waals surface area (Å²) in [7, 11) is 1.66. The Bertz CT molecular complexity index is 1680. The van der Waals surface area contributed by atoms with E-state index in [4.69, 9.17) is 14.5 Å². The Labute approximate surface area is 214 Å². The Balaban J connectivity index is 1.50. The summed E-state index contributed by atoms with van der Waals surface area (Å²) in [5.74, 6) is 1.42. The number of hydrogen-bond donors (Lipinski definition) is 0. The number of nitrogens with zero attached hydrogens (tertiary/aromatic N) is 3. The fraction of sp³-hybridized carbons (Fsp3) is 0.194. The van der Waals surface area contributed by atoms with Crippen molar-refractivity contribution in [2.45, 2.75) is 31.8 Å². The smallest absolute Gasteiger partial charge is 0.266 e. The minimum atomic E-state index is -0.124. The first-order valence-corrected chi connectivity index (χ1v) is 12.6. The van der Waals surface area contributed by atoms with Gasteiger partial charge in [-0.1, -0.05) is 30.3 Å². The molecule has 0 amide bonds. The second kappa shape index (κ2) is 9.90. The van der Waals surface area contributed by atoms with Gasteiger partial charge in [0.1, 0.15) is 5.65 Å². The fourth-order valence-electron chi connectivity index (χ4n) is 5.02. The molecule has 184 valence electrons. The third kappa shape index (κ3) is 4.47. The molecule has 0 saturated heterocycles. The van der Waals surface area contributed by atoms with Crippen molar-refractivity contribution in [1.82, 2.24) is 14.4 Å². The summed E-state index contributed by atoms with van der Waals surface area (Å²) in [5.41, 5.74) is 4.15. The molecule has 5 aromatic rings. The van der Waals surface area contributed by atoms with Gasteiger partial charge in [-0.3, -0.25) is 14.2 Å². The fourth-order valence-corrected chi connectivity index (χ4v) is 5.02. The maximum Gasteiger partial charge on any atom is 0.266 e. The summed E-state index contributed by atoms with van der Waals surface area (Å²) in [6.45, 7) is 0. The van der Waals surface area contributed by atoms with E-state index in [-0.39, 0.29) is 11.7 Å². The lowest BCUT2D eigenvalue weighted by atomic mass is 10.0. The van der Waals surface area contributed by atoms with Crippen LogP contribution in [0.4, 0.5) is 0 Å². The first-order valence-electron chi connectivity index (χ1n) is 12.6. The Kier molecular flexibility index (Phi) is 6.15. The van der Waals surface area contributed by atoms with E-state index in [9.17, 15) is 4.79 Å². The van der Waals surface area contributed by atoms with Gasteiger partial charge in [-0.25, -0.2) is 4.98 Å². The number of fused-ring (bicyclic) bond motifs is 2. The van der Waals surface area contributed by atoms with Crippen LogP contribution in [0.5, 0.6) is 11.5 Å². The average molecular weight is 490 g/mol. The SMILES string of the molecule is COc1cccc(/C=C/c2nc3ccccn3c(=O)c2-c2ccc3ncccc3c2)c1OC1CCCC1. The lowest BCUT2D eigenvalue weighted by Gasteiger charge is -2.18. The minimum absolute atomic E-state index is 0.124. The Morgan fingerprint density at radius 2 is 1.86 bits per heavy atom. The molecular formula is C31H27N3O3. The monoisotopic (exact) mass is 489 g/mol. The molecule has 37 heavy (non-hydrogen) atoms. The number of benzene rings is 2. The van der Waals surface area contributed by atoms with E-state index in [0.717, 1.165) is 40.6 Å². The van der Waals surface area contributed by atoms with E-state index < -0.39 is 0 Å². The number of pyridine rings is 2. The molecule has 0 bridgehead atoms. The largest absolute Gasteiger partial charge is 0.493 e. The molecule has 1 aliphatic rings. The first kappa shape index (κ1) is 23.0. The maximum absolute atomic E-state index is 13.7. The van der Waals surface area contributed by atoms with Crippen LogP contribution in [0, 0.1) is 0 Å². The van der Waals surface area contributed by atoms with E-state index in [0.29, 0.717) is 22.7 Å². The van der Waals surface area contributed by atoms with Crippen molar-refractivity contribution in [3.63, 3.8) is 0 Å². The van der Waals surface area contributed by atoms with Gasteiger partial charge < -0.3 is 9.47 Å². The van der Waals surface area contributed by atoms with Gasteiger partial charge in [0.25, 0.3) is 5.56 Å². The third-order valence-electron chi connectivity index (χ3n) is 6.89. The highest BCUT2D eigenvalue weighted by Gasteiger charge is 2.20. The summed E-state index contributed by atoms with van der Waals surface area (Å²) in [4.78, 5) is 23.0. The molecule has 6 heteroatoms. The molecule has 0 atom stereocenters. The van der Waals surface area contributed by atoms with Crippen LogP contribution in [-0.2, 0) is 0 Å². The van der Waals surface area contributed by atoms with Gasteiger partial charge in [0.05, 0.1) is 30.0 Å². The van der Waals surface area contributed by atoms with Gasteiger partial charge in [-0.2, -0.15) is 0 Å². The summed E-state index contributed by atoms with van der Waals surface area (Å²) in [6.07, 6.45) is 12.0. The van der Waals surface area contributed by atoms with Gasteiger partial charge in [-0.15, -0.1) is 0 Å². The third-order valence-corrected chi connectivity index (χ3v) is 6.89. The van der Waals surface area contributed by atoms with Crippen molar-refractivity contribution in [2.24, 2.45) is 0 Å². The number of methoxy groups -OCH3 is 1. The van der Waals surface area contributed by atoms with E-state index >= 15 is 0 Å². The lowest BCUT2D eigenvalue weighted by Crippen LogP contribution is -2.18. The lowest BCUT2D eigenvalue weighted by molar-refractivity contribution is 0.200. The molecule has 2 aromatic carbocycles. The van der Waals surface area contributed by atoms with Crippen LogP contribution in [0.25, 0.3) is 39.8 Å². The van der Waals surface area contributed by atoms with Crippen LogP contribution >= 0.6 is 0 Å². The molecule has 0 N–H and O–H groups in total. The van der Waals surface area contributed by atoms with Crippen LogP contribution in [0.2, 0.25) is 0 Å². The standard InChI is InChI=1S/C31H27N3O3/c1-36-27-12-6-8-21(30(27)37-24-10-2-3-11-24)14-17-26-29(31(35)34-19-5-4-13-28(34)33-26)23-15-16-25-22(20-23)9-7-18-32-25/h4-9,12-20,24H,2-3,10-11H2,1H3/b17-14+. The van der Waals surface area contributed by atoms with Crippen molar-refractivity contribution in [2.75, 3.05) is 7.11 Å². The molecule has 6 rings (SSSR count). The second-order valence-electron chi connectivity index (χ2n) is 9.25. The van der Waals surface area contributed by atoms with Crippen LogP contribution in [0.3, 0.4) is 0 Å². The van der Waals surface area contributed by atoms with Crippen molar-refractivity contribution in [1.29, 1.82) is 0 Å². The number of hydrogen-bond acceptors (Lipinski definition) is 5. The molecule has 0 radical (unpaired) electrons. The highest BCUT2D eigenvalue weighted by Crippen LogP contribution is 2.36. The van der Waals surface area contributed by atoms with Crippen molar-refractivity contribution >= 4 is 28.7 Å². The average Bonchev–Trinajstić information content (AvgIpc) is 3.45. The van der Waals surface area contributed by atoms with Gasteiger partial charge in [0, 0.05) is 23.3 Å². The molecule has 1 saturated carbocycles. The number of ether oxygens (including phenoxy) is 2. The topological polar surface area (TPSA) is 65.7 Å². The van der Waals surface area contributed by atoms with Gasteiger partial charge in [0.15, 0.2) is 11.5 Å². The molecule has 1 aliphatic carbocycles. The van der Waals surface area contributed by atoms with E-state index in [1.54, 1.807) is 23.9 Å². The van der Waals surface area contributed by atoms with Gasteiger partial charge in [0.2, 0.25) is 0 Å². The second-order valence-corrected chi connectivity index (χ2v) is 9.25. The number of aromatic nitrogens is 3. The van der Waals surface area contributed by atoms with Crippen LogP contribution in [-0.4, -0.2) is 27.6 Å². The van der Waals surface area contributed by atoms with E-state index in [2.05, 4.69) is 4.98 Å². The molecular weight excluding hydrogens is 462 g/mol. The molecule has 0 spiro atoms. The quantitative estimate of drug-likeness (QED) is 0.276. The summed E-state index contributed by atoms with van der Waals surface area (Å²) in [5, 5.41) is 0.965. The molecule has 0 aliphatic heterocycles. The van der Waals surface area contributed by atoms with Crippen LogP contribution in [0.1, 0.15) is 36.9 Å². The predicted octanol–water partition coefficient (Wildman–Crippen LogP) is 6.41. The maximum atomic E-state index is 13.7. The molecule has 3 aromatic heterocycles. The number of para-hydroxylation sites is 1. The normalized spacial score (nSPS) is 14.1. The van der Waals surface area contributed by atoms with Gasteiger partial charge >= 0.3 is 0 Å². The molecule has 6 nitrogen and oxygen atoms in total. The molecule has 3 heterocycles. The zero-order valence-electron chi connectivity index (χ0n) is 20.6. The van der Waals surface area contributed by atoms with Crippen molar-refractivity contribution < 1.29 is 9.47 Å². The summed E-state index contributed by atoms with van der Waals surface area (Å²) >= 11 is 0. The molecule has 0 unspecified atom stereocenters. The van der Waals surface area contributed by atoms with Crippen LogP contribution in [0.15, 0.2) is 83.9 Å². The summed E-state index contributed by atoms with van der Waals surface area (Å²) < 4.78 is 13.6. The number of rotatable bonds is 6. The Morgan fingerprint density at radius 3 is 2.73 bits per heavy atom. The zero-order valence-corrected chi connectivity index (χ0v) is 20.6. The van der Waals surface area contributed by atoms with Crippen molar-refractivity contribution in [3.8, 4) is 22.6 Å².